The van der Waals surface area contributed by atoms with Gasteiger partial charge in [0.15, 0.2) is 0 Å². The predicted molar refractivity (Wildman–Crippen MR) is 156 cm³/mol. The van der Waals surface area contributed by atoms with E-state index < -0.39 is 45.1 Å². The summed E-state index contributed by atoms with van der Waals surface area (Å²) in [6, 6.07) is 22.8. The van der Waals surface area contributed by atoms with Crippen LogP contribution in [0.5, 0.6) is 17.2 Å². The predicted octanol–water partition coefficient (Wildman–Crippen LogP) is 4.48. The Labute approximate surface area is 249 Å². The number of esters is 1. The van der Waals surface area contributed by atoms with E-state index in [4.69, 9.17) is 34.3 Å². The molecule has 3 aromatic carbocycles. The van der Waals surface area contributed by atoms with Crippen molar-refractivity contribution in [1.82, 2.24) is 0 Å². The van der Waals surface area contributed by atoms with E-state index in [1.807, 2.05) is 78.9 Å². The van der Waals surface area contributed by atoms with Crippen LogP contribution in [0.4, 0.5) is 0 Å². The number of phosphoric ester groups is 1. The number of hydrogen-bond donors (Lipinski definition) is 3. The van der Waals surface area contributed by atoms with Crippen LogP contribution >= 0.6 is 7.82 Å². The normalized spacial score (nSPS) is 13.8. The van der Waals surface area contributed by atoms with E-state index in [-0.39, 0.29) is 26.2 Å². The first-order valence-electron chi connectivity index (χ1n) is 13.5. The van der Waals surface area contributed by atoms with Crippen molar-refractivity contribution in [3.8, 4) is 17.2 Å². The molecule has 0 bridgehead atoms. The summed E-state index contributed by atoms with van der Waals surface area (Å²) in [5.74, 6) is 0.0393. The number of nitrogens with two attached hydrogens (primary N) is 1. The largest absolute Gasteiger partial charge is 0.489 e. The molecule has 0 aliphatic carbocycles. The van der Waals surface area contributed by atoms with E-state index in [9.17, 15) is 19.0 Å². The quantitative estimate of drug-likeness (QED) is 0.127. The van der Waals surface area contributed by atoms with Gasteiger partial charge < -0.3 is 34.7 Å². The molecule has 4 N–H and O–H groups in total. The molecule has 0 radical (unpaired) electrons. The van der Waals surface area contributed by atoms with Crippen LogP contribution in [0.3, 0.4) is 0 Å². The lowest BCUT2D eigenvalue weighted by atomic mass is 10.1. The van der Waals surface area contributed by atoms with Crippen molar-refractivity contribution >= 4 is 19.8 Å². The molecule has 13 heteroatoms. The van der Waals surface area contributed by atoms with Gasteiger partial charge in [-0.3, -0.25) is 18.6 Å². The maximum atomic E-state index is 12.5. The summed E-state index contributed by atoms with van der Waals surface area (Å²) in [6.45, 7) is 0.950. The second kappa shape index (κ2) is 17.4. The van der Waals surface area contributed by atoms with E-state index in [1.165, 1.54) is 0 Å². The molecule has 43 heavy (non-hydrogen) atoms. The summed E-state index contributed by atoms with van der Waals surface area (Å²) in [6.07, 6.45) is -0.821. The van der Waals surface area contributed by atoms with E-state index in [2.05, 4.69) is 4.52 Å². The Hall–Kier alpha value is -3.77. The van der Waals surface area contributed by atoms with Crippen molar-refractivity contribution < 1.29 is 52.1 Å². The Balaban J connectivity index is 1.50. The number of carbonyl (C=O) groups is 2. The second-order valence-electron chi connectivity index (χ2n) is 9.24. The number of carboxylic acids is 1. The highest BCUT2D eigenvalue weighted by atomic mass is 31.2. The number of aliphatic carboxylic acids is 1. The maximum Gasteiger partial charge on any atom is 0.472 e. The molecule has 0 aliphatic heterocycles. The van der Waals surface area contributed by atoms with Gasteiger partial charge in [-0.15, -0.1) is 0 Å². The summed E-state index contributed by atoms with van der Waals surface area (Å²) in [5, 5.41) is 8.80. The SMILES string of the molecule is CCOC[C@H](COC(=O)CCc1ccccc1OCc1cccc(Oc2ccccc2)c1)OP(=O)(O)OC[C@H](N)C(=O)O. The summed E-state index contributed by atoms with van der Waals surface area (Å²) < 4.78 is 44.3. The van der Waals surface area contributed by atoms with E-state index in [0.717, 1.165) is 16.9 Å². The first-order chi connectivity index (χ1) is 20.6. The molecular weight excluding hydrogens is 581 g/mol. The Morgan fingerprint density at radius 2 is 1.65 bits per heavy atom. The number of aryl methyl sites for hydroxylation is 1. The molecule has 3 rings (SSSR count). The summed E-state index contributed by atoms with van der Waals surface area (Å²) in [7, 11) is -4.71. The fourth-order valence-corrected chi connectivity index (χ4v) is 4.56. The Morgan fingerprint density at radius 3 is 2.40 bits per heavy atom. The van der Waals surface area contributed by atoms with Crippen molar-refractivity contribution in [2.75, 3.05) is 26.4 Å². The van der Waals surface area contributed by atoms with Crippen LogP contribution < -0.4 is 15.2 Å². The number of ether oxygens (including phenoxy) is 4. The van der Waals surface area contributed by atoms with Gasteiger partial charge >= 0.3 is 19.8 Å². The first kappa shape index (κ1) is 33.7. The van der Waals surface area contributed by atoms with Gasteiger partial charge in [-0.2, -0.15) is 0 Å². The Bertz CT molecular complexity index is 1350. The molecule has 0 spiro atoms. The highest BCUT2D eigenvalue weighted by molar-refractivity contribution is 7.47. The van der Waals surface area contributed by atoms with Crippen LogP contribution in [-0.4, -0.2) is 60.5 Å². The molecule has 3 aromatic rings. The van der Waals surface area contributed by atoms with Gasteiger partial charge in [-0.05, 0) is 54.8 Å². The van der Waals surface area contributed by atoms with Crippen LogP contribution in [0.25, 0.3) is 0 Å². The molecule has 0 amide bonds. The summed E-state index contributed by atoms with van der Waals surface area (Å²) in [5.41, 5.74) is 6.98. The van der Waals surface area contributed by atoms with Gasteiger partial charge in [-0.1, -0.05) is 48.5 Å². The topological polar surface area (TPSA) is 173 Å². The smallest absolute Gasteiger partial charge is 0.472 e. The molecule has 3 atom stereocenters. The average molecular weight is 618 g/mol. The van der Waals surface area contributed by atoms with Gasteiger partial charge in [0.05, 0.1) is 13.2 Å². The minimum absolute atomic E-state index is 0.00286. The van der Waals surface area contributed by atoms with E-state index in [1.54, 1.807) is 6.92 Å². The minimum Gasteiger partial charge on any atom is -0.489 e. The molecular formula is C30H36NO11P. The monoisotopic (exact) mass is 617 g/mol. The molecule has 0 aromatic heterocycles. The van der Waals surface area contributed by atoms with Crippen LogP contribution in [0.2, 0.25) is 0 Å². The number of benzene rings is 3. The van der Waals surface area contributed by atoms with Crippen molar-refractivity contribution in [3.63, 3.8) is 0 Å². The molecule has 0 saturated heterocycles. The maximum absolute atomic E-state index is 12.5. The van der Waals surface area contributed by atoms with Crippen LogP contribution in [0, 0.1) is 0 Å². The van der Waals surface area contributed by atoms with Gasteiger partial charge in [0, 0.05) is 13.0 Å². The number of rotatable bonds is 19. The van der Waals surface area contributed by atoms with Crippen LogP contribution in [0.1, 0.15) is 24.5 Å². The number of phosphoric acid groups is 1. The summed E-state index contributed by atoms with van der Waals surface area (Å²) >= 11 is 0. The molecule has 0 saturated carbocycles. The lowest BCUT2D eigenvalue weighted by Crippen LogP contribution is -2.35. The van der Waals surface area contributed by atoms with Gasteiger partial charge in [-0.25, -0.2) is 4.57 Å². The minimum atomic E-state index is -4.71. The van der Waals surface area contributed by atoms with E-state index >= 15 is 0 Å². The highest BCUT2D eigenvalue weighted by Crippen LogP contribution is 2.44. The van der Waals surface area contributed by atoms with Gasteiger partial charge in [0.2, 0.25) is 0 Å². The molecule has 0 heterocycles. The lowest BCUT2D eigenvalue weighted by Gasteiger charge is -2.21. The molecule has 12 nitrogen and oxygen atoms in total. The molecule has 1 unspecified atom stereocenters. The van der Waals surface area contributed by atoms with E-state index in [0.29, 0.717) is 17.9 Å². The number of para-hydroxylation sites is 2. The van der Waals surface area contributed by atoms with Crippen LogP contribution in [-0.2, 0) is 45.7 Å². The Morgan fingerprint density at radius 1 is 0.930 bits per heavy atom. The Kier molecular flexibility index (Phi) is 13.6. The molecule has 0 fully saturated rings. The first-order valence-corrected chi connectivity index (χ1v) is 15.0. The van der Waals surface area contributed by atoms with Crippen molar-refractivity contribution in [3.05, 3.63) is 90.0 Å². The van der Waals surface area contributed by atoms with Crippen LogP contribution in [0.15, 0.2) is 78.9 Å². The number of hydrogen-bond acceptors (Lipinski definition) is 10. The van der Waals surface area contributed by atoms with Crippen molar-refractivity contribution in [2.24, 2.45) is 5.73 Å². The van der Waals surface area contributed by atoms with Crippen molar-refractivity contribution in [1.29, 1.82) is 0 Å². The number of carboxylic acid groups (broad SMARTS) is 1. The molecule has 0 aliphatic rings. The van der Waals surface area contributed by atoms with Crippen molar-refractivity contribution in [2.45, 2.75) is 38.5 Å². The lowest BCUT2D eigenvalue weighted by molar-refractivity contribution is -0.147. The van der Waals surface area contributed by atoms with Gasteiger partial charge in [0.25, 0.3) is 0 Å². The summed E-state index contributed by atoms with van der Waals surface area (Å²) in [4.78, 5) is 33.2. The fraction of sp³-hybridized carbons (Fsp3) is 0.333. The number of carbonyl (C=O) groups excluding carboxylic acids is 1. The zero-order valence-corrected chi connectivity index (χ0v) is 24.6. The third-order valence-electron chi connectivity index (χ3n) is 5.80. The fourth-order valence-electron chi connectivity index (χ4n) is 3.65. The average Bonchev–Trinajstić information content (AvgIpc) is 3.00. The second-order valence-corrected chi connectivity index (χ2v) is 10.6. The third-order valence-corrected chi connectivity index (χ3v) is 6.84. The zero-order chi connectivity index (χ0) is 31.1. The highest BCUT2D eigenvalue weighted by Gasteiger charge is 2.29. The van der Waals surface area contributed by atoms with Gasteiger partial charge in [0.1, 0.15) is 42.6 Å². The zero-order valence-electron chi connectivity index (χ0n) is 23.7. The third kappa shape index (κ3) is 12.6. The molecule has 232 valence electrons. The standard InChI is InChI=1S/C30H36NO11P/c1-2-37-19-26(42-43(35,36)40-21-27(31)30(33)34)20-39-29(32)16-15-23-10-6-7-14-28(23)38-18-22-9-8-13-25(17-22)41-24-11-4-3-5-12-24/h3-14,17,26-27H,2,15-16,18-21,31H2,1H3,(H,33,34)(H,35,36)/t26-,27+/m1/s1.